The van der Waals surface area contributed by atoms with Gasteiger partial charge in [0.05, 0.1) is 18.2 Å². The van der Waals surface area contributed by atoms with Crippen molar-refractivity contribution >= 4 is 11.6 Å². The summed E-state index contributed by atoms with van der Waals surface area (Å²) in [6.45, 7) is 0.212. The number of furan rings is 2. The number of ether oxygens (including phenoxy) is 2. The van der Waals surface area contributed by atoms with Crippen LogP contribution in [0.1, 0.15) is 34.3 Å². The standard InChI is InChI=1S/C19H14N2O5/c22-19(17-4-2-8-24-17)21-14(15-3-1-7-23-15)10-13(20-21)12-5-6-16-18(9-12)26-11-25-16/h1-9,14H,10-11H2/t14-/m0/s1. The number of carbonyl (C=O) groups excluding carboxylic acids is 1. The minimum absolute atomic E-state index is 0.212. The van der Waals surface area contributed by atoms with Gasteiger partial charge in [-0.15, -0.1) is 0 Å². The lowest BCUT2D eigenvalue weighted by Crippen LogP contribution is -2.26. The molecule has 130 valence electrons. The van der Waals surface area contributed by atoms with Gasteiger partial charge in [0.15, 0.2) is 17.3 Å². The van der Waals surface area contributed by atoms with Crippen LogP contribution in [0.5, 0.6) is 11.5 Å². The van der Waals surface area contributed by atoms with Gasteiger partial charge < -0.3 is 18.3 Å². The summed E-state index contributed by atoms with van der Waals surface area (Å²) in [5.74, 6) is 1.97. The number of amides is 1. The Morgan fingerprint density at radius 3 is 2.69 bits per heavy atom. The fourth-order valence-corrected chi connectivity index (χ4v) is 3.16. The van der Waals surface area contributed by atoms with Gasteiger partial charge in [0.2, 0.25) is 6.79 Å². The van der Waals surface area contributed by atoms with E-state index in [1.807, 2.05) is 24.3 Å². The number of hydrogen-bond acceptors (Lipinski definition) is 6. The molecule has 2 aliphatic rings. The highest BCUT2D eigenvalue weighted by molar-refractivity contribution is 6.04. The Morgan fingerprint density at radius 1 is 1.04 bits per heavy atom. The fourth-order valence-electron chi connectivity index (χ4n) is 3.16. The highest BCUT2D eigenvalue weighted by Gasteiger charge is 2.36. The molecule has 0 saturated heterocycles. The molecule has 3 aromatic rings. The second-order valence-corrected chi connectivity index (χ2v) is 5.98. The Balaban J connectivity index is 1.52. The van der Waals surface area contributed by atoms with Crippen molar-refractivity contribution in [3.8, 4) is 11.5 Å². The number of nitrogens with zero attached hydrogens (tertiary/aromatic N) is 2. The van der Waals surface area contributed by atoms with Crippen molar-refractivity contribution in [3.63, 3.8) is 0 Å². The van der Waals surface area contributed by atoms with Gasteiger partial charge in [0.1, 0.15) is 11.8 Å². The molecule has 0 unspecified atom stereocenters. The van der Waals surface area contributed by atoms with Crippen LogP contribution in [0.3, 0.4) is 0 Å². The minimum atomic E-state index is -0.331. The Labute approximate surface area is 148 Å². The number of carbonyl (C=O) groups is 1. The highest BCUT2D eigenvalue weighted by atomic mass is 16.7. The Bertz CT molecular complexity index is 976. The predicted octanol–water partition coefficient (Wildman–Crippen LogP) is 3.59. The lowest BCUT2D eigenvalue weighted by atomic mass is 10.0. The highest BCUT2D eigenvalue weighted by Crippen LogP contribution is 2.37. The SMILES string of the molecule is O=C(c1ccco1)N1N=C(c2ccc3c(c2)OCO3)C[C@H]1c1ccco1. The van der Waals surface area contributed by atoms with E-state index in [1.54, 1.807) is 24.5 Å². The fraction of sp³-hybridized carbons (Fsp3) is 0.158. The summed E-state index contributed by atoms with van der Waals surface area (Å²) < 4.78 is 21.6. The number of rotatable bonds is 3. The smallest absolute Gasteiger partial charge is 0.310 e. The van der Waals surface area contributed by atoms with E-state index in [1.165, 1.54) is 11.3 Å². The van der Waals surface area contributed by atoms with E-state index in [-0.39, 0.29) is 24.5 Å². The van der Waals surface area contributed by atoms with Crippen molar-refractivity contribution < 1.29 is 23.1 Å². The van der Waals surface area contributed by atoms with E-state index in [0.29, 0.717) is 23.7 Å². The Kier molecular flexibility index (Phi) is 3.31. The zero-order valence-corrected chi connectivity index (χ0v) is 13.6. The van der Waals surface area contributed by atoms with Crippen LogP contribution in [0.4, 0.5) is 0 Å². The number of hydrazone groups is 1. The summed E-state index contributed by atoms with van der Waals surface area (Å²) in [6, 6.07) is 12.2. The topological polar surface area (TPSA) is 77.4 Å². The van der Waals surface area contributed by atoms with E-state index in [4.69, 9.17) is 18.3 Å². The first-order chi connectivity index (χ1) is 12.8. The zero-order chi connectivity index (χ0) is 17.5. The summed E-state index contributed by atoms with van der Waals surface area (Å²) in [5.41, 5.74) is 1.64. The van der Waals surface area contributed by atoms with Gasteiger partial charge in [-0.25, -0.2) is 5.01 Å². The first-order valence-electron chi connectivity index (χ1n) is 8.17. The molecule has 0 aliphatic carbocycles. The van der Waals surface area contributed by atoms with Crippen LogP contribution in [-0.4, -0.2) is 23.4 Å². The zero-order valence-electron chi connectivity index (χ0n) is 13.6. The molecule has 2 aromatic heterocycles. The normalized spacial score (nSPS) is 18.2. The molecule has 2 aliphatic heterocycles. The van der Waals surface area contributed by atoms with Crippen molar-refractivity contribution in [1.82, 2.24) is 5.01 Å². The average Bonchev–Trinajstić information content (AvgIpc) is 3.47. The predicted molar refractivity (Wildman–Crippen MR) is 90.0 cm³/mol. The van der Waals surface area contributed by atoms with E-state index in [0.717, 1.165) is 11.3 Å². The van der Waals surface area contributed by atoms with Crippen LogP contribution in [-0.2, 0) is 0 Å². The molecule has 1 atom stereocenters. The van der Waals surface area contributed by atoms with Crippen LogP contribution in [0.25, 0.3) is 0 Å². The monoisotopic (exact) mass is 350 g/mol. The number of fused-ring (bicyclic) bond motifs is 1. The van der Waals surface area contributed by atoms with Gasteiger partial charge >= 0.3 is 5.91 Å². The molecule has 7 heteroatoms. The molecule has 0 spiro atoms. The molecule has 0 N–H and O–H groups in total. The average molecular weight is 350 g/mol. The van der Waals surface area contributed by atoms with Crippen LogP contribution in [0, 0.1) is 0 Å². The van der Waals surface area contributed by atoms with Crippen LogP contribution >= 0.6 is 0 Å². The van der Waals surface area contributed by atoms with Crippen LogP contribution in [0.2, 0.25) is 0 Å². The molecule has 26 heavy (non-hydrogen) atoms. The third-order valence-electron chi connectivity index (χ3n) is 4.43. The molecule has 0 saturated carbocycles. The molecule has 1 amide bonds. The lowest BCUT2D eigenvalue weighted by Gasteiger charge is -2.18. The molecular weight excluding hydrogens is 336 g/mol. The van der Waals surface area contributed by atoms with Gasteiger partial charge in [-0.1, -0.05) is 0 Å². The van der Waals surface area contributed by atoms with E-state index >= 15 is 0 Å². The van der Waals surface area contributed by atoms with Crippen molar-refractivity contribution in [2.24, 2.45) is 5.10 Å². The van der Waals surface area contributed by atoms with Gasteiger partial charge in [0, 0.05) is 12.0 Å². The second-order valence-electron chi connectivity index (χ2n) is 5.98. The second kappa shape index (κ2) is 5.80. The maximum Gasteiger partial charge on any atom is 0.310 e. The molecule has 1 aromatic carbocycles. The summed E-state index contributed by atoms with van der Waals surface area (Å²) in [5, 5.41) is 5.98. The maximum absolute atomic E-state index is 12.8. The Hall–Kier alpha value is -3.48. The van der Waals surface area contributed by atoms with E-state index in [2.05, 4.69) is 5.10 Å². The van der Waals surface area contributed by atoms with Gasteiger partial charge in [-0.2, -0.15) is 5.10 Å². The van der Waals surface area contributed by atoms with Gasteiger partial charge in [0.25, 0.3) is 0 Å². The van der Waals surface area contributed by atoms with E-state index < -0.39 is 0 Å². The molecule has 4 heterocycles. The van der Waals surface area contributed by atoms with E-state index in [9.17, 15) is 4.79 Å². The third-order valence-corrected chi connectivity index (χ3v) is 4.43. The first kappa shape index (κ1) is 14.8. The summed E-state index contributed by atoms with van der Waals surface area (Å²) in [4.78, 5) is 12.8. The first-order valence-corrected chi connectivity index (χ1v) is 8.17. The Morgan fingerprint density at radius 2 is 1.88 bits per heavy atom. The van der Waals surface area contributed by atoms with Crippen molar-refractivity contribution in [1.29, 1.82) is 0 Å². The maximum atomic E-state index is 12.8. The molecule has 0 fully saturated rings. The molecular formula is C19H14N2O5. The van der Waals surface area contributed by atoms with Gasteiger partial charge in [-0.3, -0.25) is 4.79 Å². The quantitative estimate of drug-likeness (QED) is 0.721. The van der Waals surface area contributed by atoms with Crippen LogP contribution < -0.4 is 9.47 Å². The molecule has 5 rings (SSSR count). The van der Waals surface area contributed by atoms with Crippen molar-refractivity contribution in [2.45, 2.75) is 12.5 Å². The largest absolute Gasteiger partial charge is 0.467 e. The minimum Gasteiger partial charge on any atom is -0.467 e. The summed E-state index contributed by atoms with van der Waals surface area (Å²) in [6.07, 6.45) is 3.58. The number of hydrogen-bond donors (Lipinski definition) is 0. The third kappa shape index (κ3) is 2.36. The molecule has 0 radical (unpaired) electrons. The lowest BCUT2D eigenvalue weighted by molar-refractivity contribution is 0.0660. The van der Waals surface area contributed by atoms with Crippen molar-refractivity contribution in [3.05, 3.63) is 72.1 Å². The molecule has 0 bridgehead atoms. The number of benzene rings is 1. The van der Waals surface area contributed by atoms with Crippen molar-refractivity contribution in [2.75, 3.05) is 6.79 Å². The summed E-state index contributed by atoms with van der Waals surface area (Å²) >= 11 is 0. The van der Waals surface area contributed by atoms with Gasteiger partial charge in [-0.05, 0) is 42.5 Å². The van der Waals surface area contributed by atoms with Crippen LogP contribution in [0.15, 0.2) is 68.9 Å². The summed E-state index contributed by atoms with van der Waals surface area (Å²) in [7, 11) is 0. The molecule has 7 nitrogen and oxygen atoms in total.